The van der Waals surface area contributed by atoms with Crippen molar-refractivity contribution in [1.82, 2.24) is 20.3 Å². The van der Waals surface area contributed by atoms with Crippen LogP contribution in [0.3, 0.4) is 0 Å². The van der Waals surface area contributed by atoms with Crippen LogP contribution >= 0.6 is 11.6 Å². The van der Waals surface area contributed by atoms with E-state index in [1.54, 1.807) is 24.4 Å². The van der Waals surface area contributed by atoms with Gasteiger partial charge >= 0.3 is 0 Å². The van der Waals surface area contributed by atoms with Crippen LogP contribution in [-0.2, 0) is 13.0 Å². The molecule has 108 valence electrons. The fourth-order valence-corrected chi connectivity index (χ4v) is 2.40. The zero-order valence-electron chi connectivity index (χ0n) is 11.6. The summed E-state index contributed by atoms with van der Waals surface area (Å²) in [5.41, 5.74) is 1.54. The second kappa shape index (κ2) is 6.81. The van der Waals surface area contributed by atoms with Crippen molar-refractivity contribution >= 4 is 11.6 Å². The average Bonchev–Trinajstić information content (AvgIpc) is 2.89. The molecule has 6 heteroatoms. The van der Waals surface area contributed by atoms with Gasteiger partial charge in [0.15, 0.2) is 0 Å². The van der Waals surface area contributed by atoms with Gasteiger partial charge in [0.05, 0.1) is 23.0 Å². The van der Waals surface area contributed by atoms with E-state index in [4.69, 9.17) is 11.6 Å². The monoisotopic (exact) mass is 296 g/mol. The highest BCUT2D eigenvalue weighted by Crippen LogP contribution is 2.23. The number of aromatic nitrogens is 3. The Balaban J connectivity index is 2.24. The second-order valence-electron chi connectivity index (χ2n) is 4.64. The van der Waals surface area contributed by atoms with E-state index in [0.717, 1.165) is 18.7 Å². The van der Waals surface area contributed by atoms with Gasteiger partial charge < -0.3 is 5.32 Å². The quantitative estimate of drug-likeness (QED) is 0.891. The van der Waals surface area contributed by atoms with Crippen molar-refractivity contribution in [3.05, 3.63) is 46.5 Å². The van der Waals surface area contributed by atoms with Crippen molar-refractivity contribution in [2.45, 2.75) is 32.4 Å². The van der Waals surface area contributed by atoms with Gasteiger partial charge in [-0.3, -0.25) is 0 Å². The summed E-state index contributed by atoms with van der Waals surface area (Å²) in [6, 6.07) is 5.01. The highest BCUT2D eigenvalue weighted by Gasteiger charge is 2.18. The minimum absolute atomic E-state index is 0.0514. The fraction of sp³-hybridized carbons (Fsp3) is 0.429. The zero-order chi connectivity index (χ0) is 14.5. The topological polar surface area (TPSA) is 42.7 Å². The normalized spacial score (nSPS) is 12.6. The molecule has 0 amide bonds. The highest BCUT2D eigenvalue weighted by molar-refractivity contribution is 6.30. The van der Waals surface area contributed by atoms with Gasteiger partial charge in [-0.25, -0.2) is 9.07 Å². The molecule has 1 heterocycles. The van der Waals surface area contributed by atoms with E-state index in [1.165, 1.54) is 0 Å². The number of rotatable bonds is 6. The van der Waals surface area contributed by atoms with E-state index in [-0.39, 0.29) is 16.9 Å². The molecule has 2 rings (SSSR count). The lowest BCUT2D eigenvalue weighted by Crippen LogP contribution is -2.23. The largest absolute Gasteiger partial charge is 0.311 e. The highest BCUT2D eigenvalue weighted by atomic mass is 35.5. The van der Waals surface area contributed by atoms with Gasteiger partial charge in [0.1, 0.15) is 5.82 Å². The molecule has 1 unspecified atom stereocenters. The lowest BCUT2D eigenvalue weighted by Gasteiger charge is -2.17. The molecule has 0 fully saturated rings. The number of aryl methyl sites for hydroxylation is 1. The van der Waals surface area contributed by atoms with E-state index in [1.807, 2.05) is 11.7 Å². The Hall–Kier alpha value is -1.46. The molecule has 4 nitrogen and oxygen atoms in total. The molecule has 0 aliphatic heterocycles. The first kappa shape index (κ1) is 14.9. The third-order valence-electron chi connectivity index (χ3n) is 3.24. The van der Waals surface area contributed by atoms with Crippen molar-refractivity contribution in [2.75, 3.05) is 7.05 Å². The molecule has 0 aliphatic rings. The summed E-state index contributed by atoms with van der Waals surface area (Å²) in [4.78, 5) is 0. The maximum absolute atomic E-state index is 14.0. The van der Waals surface area contributed by atoms with Crippen LogP contribution in [-0.4, -0.2) is 22.0 Å². The summed E-state index contributed by atoms with van der Waals surface area (Å²) in [6.45, 7) is 2.88. The van der Waals surface area contributed by atoms with Crippen molar-refractivity contribution < 1.29 is 4.39 Å². The number of hydrogen-bond donors (Lipinski definition) is 1. The standard InChI is InChI=1S/C14H18ClFN4/c1-3-7-20-13(9-18-19-20)12(17-2)8-10-5-4-6-11(15)14(10)16/h4-6,9,12,17H,3,7-8H2,1-2H3. The molecule has 1 N–H and O–H groups in total. The first-order valence-corrected chi connectivity index (χ1v) is 7.03. The van der Waals surface area contributed by atoms with Crippen LogP contribution in [0.1, 0.15) is 30.6 Å². The van der Waals surface area contributed by atoms with Gasteiger partial charge in [0, 0.05) is 6.54 Å². The number of likely N-dealkylation sites (N-methyl/N-ethyl adjacent to an activating group) is 1. The molecule has 0 radical (unpaired) electrons. The zero-order valence-corrected chi connectivity index (χ0v) is 12.4. The van der Waals surface area contributed by atoms with E-state index >= 15 is 0 Å². The van der Waals surface area contributed by atoms with Crippen LogP contribution in [0.15, 0.2) is 24.4 Å². The molecular weight excluding hydrogens is 279 g/mol. The van der Waals surface area contributed by atoms with Gasteiger partial charge in [-0.2, -0.15) is 0 Å². The summed E-state index contributed by atoms with van der Waals surface area (Å²) in [5.74, 6) is -0.357. The molecule has 1 aromatic carbocycles. The van der Waals surface area contributed by atoms with Gasteiger partial charge in [0.2, 0.25) is 0 Å². The minimum atomic E-state index is -0.357. The Morgan fingerprint density at radius 3 is 2.95 bits per heavy atom. The summed E-state index contributed by atoms with van der Waals surface area (Å²) < 4.78 is 15.8. The van der Waals surface area contributed by atoms with Crippen molar-refractivity contribution in [3.63, 3.8) is 0 Å². The van der Waals surface area contributed by atoms with Crippen LogP contribution in [0.25, 0.3) is 0 Å². The van der Waals surface area contributed by atoms with Crippen molar-refractivity contribution in [3.8, 4) is 0 Å². The smallest absolute Gasteiger partial charge is 0.145 e. The maximum atomic E-state index is 14.0. The van der Waals surface area contributed by atoms with E-state index < -0.39 is 0 Å². The van der Waals surface area contributed by atoms with Gasteiger partial charge in [0.25, 0.3) is 0 Å². The Kier molecular flexibility index (Phi) is 5.09. The van der Waals surface area contributed by atoms with Crippen LogP contribution in [0.4, 0.5) is 4.39 Å². The van der Waals surface area contributed by atoms with Gasteiger partial charge in [-0.15, -0.1) is 5.10 Å². The van der Waals surface area contributed by atoms with E-state index in [9.17, 15) is 4.39 Å². The van der Waals surface area contributed by atoms with Crippen LogP contribution in [0, 0.1) is 5.82 Å². The predicted octanol–water partition coefficient (Wildman–Crippen LogP) is 2.98. The van der Waals surface area contributed by atoms with Crippen LogP contribution in [0.5, 0.6) is 0 Å². The Morgan fingerprint density at radius 2 is 2.25 bits per heavy atom. The van der Waals surface area contributed by atoms with E-state index in [2.05, 4.69) is 22.6 Å². The molecule has 2 aromatic rings. The van der Waals surface area contributed by atoms with Crippen molar-refractivity contribution in [1.29, 1.82) is 0 Å². The number of nitrogens with one attached hydrogen (secondary N) is 1. The summed E-state index contributed by atoms with van der Waals surface area (Å²) in [7, 11) is 1.84. The SMILES string of the molecule is CCCn1nncc1C(Cc1cccc(Cl)c1F)NC. The molecule has 0 bridgehead atoms. The number of benzene rings is 1. The third-order valence-corrected chi connectivity index (χ3v) is 3.54. The molecule has 0 aliphatic carbocycles. The molecule has 20 heavy (non-hydrogen) atoms. The average molecular weight is 297 g/mol. The first-order chi connectivity index (χ1) is 9.67. The third kappa shape index (κ3) is 3.16. The molecule has 0 saturated heterocycles. The van der Waals surface area contributed by atoms with Gasteiger partial charge in [-0.1, -0.05) is 35.9 Å². The Morgan fingerprint density at radius 1 is 1.45 bits per heavy atom. The summed E-state index contributed by atoms with van der Waals surface area (Å²) >= 11 is 5.82. The minimum Gasteiger partial charge on any atom is -0.311 e. The predicted molar refractivity (Wildman–Crippen MR) is 77.2 cm³/mol. The molecule has 0 saturated carbocycles. The number of halogens is 2. The molecule has 1 atom stereocenters. The second-order valence-corrected chi connectivity index (χ2v) is 5.05. The lowest BCUT2D eigenvalue weighted by molar-refractivity contribution is 0.483. The molecule has 0 spiro atoms. The fourth-order valence-electron chi connectivity index (χ4n) is 2.20. The van der Waals surface area contributed by atoms with Crippen LogP contribution < -0.4 is 5.32 Å². The first-order valence-electron chi connectivity index (χ1n) is 6.65. The number of hydrogen-bond acceptors (Lipinski definition) is 3. The van der Waals surface area contributed by atoms with Crippen LogP contribution in [0.2, 0.25) is 5.02 Å². The molecular formula is C14H18ClFN4. The molecule has 1 aromatic heterocycles. The maximum Gasteiger partial charge on any atom is 0.145 e. The Bertz CT molecular complexity index is 570. The van der Waals surface area contributed by atoms with Gasteiger partial charge in [-0.05, 0) is 31.5 Å². The lowest BCUT2D eigenvalue weighted by atomic mass is 10.0. The number of nitrogens with zero attached hydrogens (tertiary/aromatic N) is 3. The van der Waals surface area contributed by atoms with E-state index in [0.29, 0.717) is 12.0 Å². The summed E-state index contributed by atoms with van der Waals surface area (Å²) in [6.07, 6.45) is 3.19. The summed E-state index contributed by atoms with van der Waals surface area (Å²) in [5, 5.41) is 11.3. The van der Waals surface area contributed by atoms with Crippen molar-refractivity contribution in [2.24, 2.45) is 0 Å². The Labute approximate surface area is 122 Å².